The smallest absolute Gasteiger partial charge is 0.270 e. The van der Waals surface area contributed by atoms with Crippen molar-refractivity contribution >= 4 is 33.6 Å². The molecule has 9 heteroatoms. The van der Waals surface area contributed by atoms with E-state index >= 15 is 0 Å². The highest BCUT2D eigenvalue weighted by molar-refractivity contribution is 5.95. The van der Waals surface area contributed by atoms with E-state index < -0.39 is 5.91 Å². The molecule has 0 aliphatic carbocycles. The molecule has 0 radical (unpaired) electrons. The number of aryl methyl sites for hydroxylation is 2. The number of anilines is 1. The molecule has 1 saturated heterocycles. The number of hydrogen-bond acceptors (Lipinski definition) is 7. The van der Waals surface area contributed by atoms with Crippen LogP contribution in [0.25, 0.3) is 22.0 Å². The minimum atomic E-state index is -0.587. The van der Waals surface area contributed by atoms with E-state index in [1.165, 1.54) is 4.57 Å². The summed E-state index contributed by atoms with van der Waals surface area (Å²) in [5.41, 5.74) is 8.93. The lowest BCUT2D eigenvalue weighted by Crippen LogP contribution is -2.35. The largest absolute Gasteiger partial charge is 0.484 e. The third-order valence-corrected chi connectivity index (χ3v) is 6.55. The molecule has 0 spiro atoms. The summed E-state index contributed by atoms with van der Waals surface area (Å²) in [4.78, 5) is 30.9. The molecule has 1 fully saturated rings. The van der Waals surface area contributed by atoms with Crippen molar-refractivity contribution in [3.05, 3.63) is 63.8 Å². The third-order valence-electron chi connectivity index (χ3n) is 6.55. The van der Waals surface area contributed by atoms with Gasteiger partial charge in [-0.25, -0.2) is 4.98 Å². The second kappa shape index (κ2) is 8.80. The highest BCUT2D eigenvalue weighted by atomic mass is 16.5. The van der Waals surface area contributed by atoms with Crippen LogP contribution < -0.4 is 20.9 Å². The number of nitriles is 1. The lowest BCUT2D eigenvalue weighted by molar-refractivity contribution is -0.119. The molecular formula is C26H25N5O4. The van der Waals surface area contributed by atoms with Gasteiger partial charge in [0.25, 0.3) is 11.5 Å². The normalized spacial score (nSPS) is 14.4. The van der Waals surface area contributed by atoms with Gasteiger partial charge in [0.2, 0.25) is 0 Å². The van der Waals surface area contributed by atoms with Gasteiger partial charge in [-0.2, -0.15) is 5.26 Å². The molecule has 0 bridgehead atoms. The number of aromatic nitrogens is 2. The number of carbonyl (C=O) groups excluding carboxylic acids is 1. The minimum Gasteiger partial charge on any atom is -0.484 e. The Kier molecular flexibility index (Phi) is 5.65. The van der Waals surface area contributed by atoms with E-state index in [9.17, 15) is 14.9 Å². The molecule has 0 saturated carbocycles. The van der Waals surface area contributed by atoms with Crippen molar-refractivity contribution in [1.82, 2.24) is 9.55 Å². The molecule has 1 aliphatic heterocycles. The average molecular weight is 472 g/mol. The molecule has 35 heavy (non-hydrogen) atoms. The van der Waals surface area contributed by atoms with Gasteiger partial charge in [-0.05, 0) is 49.6 Å². The zero-order valence-electron chi connectivity index (χ0n) is 19.6. The summed E-state index contributed by atoms with van der Waals surface area (Å²) in [6.07, 6.45) is 1.57. The number of carbonyl (C=O) groups is 1. The highest BCUT2D eigenvalue weighted by Crippen LogP contribution is 2.36. The first kappa shape index (κ1) is 22.5. The zero-order chi connectivity index (χ0) is 24.7. The van der Waals surface area contributed by atoms with Gasteiger partial charge in [0.05, 0.1) is 11.2 Å². The Morgan fingerprint density at radius 1 is 1.26 bits per heavy atom. The number of oxazole rings is 1. The fourth-order valence-electron chi connectivity index (χ4n) is 4.76. The van der Waals surface area contributed by atoms with E-state index in [0.717, 1.165) is 40.8 Å². The number of ether oxygens (including phenoxy) is 1. The molecule has 2 aromatic heterocycles. The molecule has 1 aliphatic rings. The van der Waals surface area contributed by atoms with Crippen LogP contribution in [0.4, 0.5) is 5.69 Å². The number of nitrogens with two attached hydrogens (primary N) is 1. The van der Waals surface area contributed by atoms with E-state index in [0.29, 0.717) is 30.0 Å². The molecule has 9 nitrogen and oxygen atoms in total. The summed E-state index contributed by atoms with van der Waals surface area (Å²) >= 11 is 0. The molecule has 1 amide bonds. The molecule has 2 N–H and O–H groups in total. The number of fused-ring (bicyclic) bond motifs is 2. The van der Waals surface area contributed by atoms with Crippen LogP contribution in [-0.4, -0.2) is 35.2 Å². The summed E-state index contributed by atoms with van der Waals surface area (Å²) in [5, 5.41) is 10.6. The second-order valence-corrected chi connectivity index (χ2v) is 8.92. The molecule has 178 valence electrons. The van der Waals surface area contributed by atoms with E-state index in [1.807, 2.05) is 31.2 Å². The molecule has 4 aromatic rings. The first-order valence-electron chi connectivity index (χ1n) is 11.5. The Labute approximate surface area is 201 Å². The van der Waals surface area contributed by atoms with Gasteiger partial charge in [0.1, 0.15) is 22.9 Å². The van der Waals surface area contributed by atoms with Crippen LogP contribution in [0.15, 0.2) is 45.6 Å². The van der Waals surface area contributed by atoms with E-state index in [1.54, 1.807) is 19.2 Å². The van der Waals surface area contributed by atoms with Crippen molar-refractivity contribution in [2.75, 3.05) is 24.6 Å². The molecule has 3 heterocycles. The summed E-state index contributed by atoms with van der Waals surface area (Å²) in [5.74, 6) is 0.732. The predicted octanol–water partition coefficient (Wildman–Crippen LogP) is 3.11. The van der Waals surface area contributed by atoms with E-state index in [2.05, 4.69) is 11.0 Å². The molecule has 5 rings (SSSR count). The Hall–Kier alpha value is -4.32. The molecular weight excluding hydrogens is 446 g/mol. The molecule has 2 aromatic carbocycles. The van der Waals surface area contributed by atoms with Gasteiger partial charge < -0.3 is 24.4 Å². The SMILES string of the molecule is Cc1ccc2oc(C3CCN(c4c(C#N)c(=O)n(C)c5cc(OCC(N)=O)ccc45)CC3)nc2c1. The Morgan fingerprint density at radius 2 is 2.03 bits per heavy atom. The minimum absolute atomic E-state index is 0.113. The quantitative estimate of drug-likeness (QED) is 0.474. The number of amides is 1. The topological polar surface area (TPSA) is 127 Å². The second-order valence-electron chi connectivity index (χ2n) is 8.92. The maximum atomic E-state index is 13.0. The summed E-state index contributed by atoms with van der Waals surface area (Å²) in [6.45, 7) is 3.07. The van der Waals surface area contributed by atoms with Crippen molar-refractivity contribution < 1.29 is 13.9 Å². The van der Waals surface area contributed by atoms with Gasteiger partial charge in [0, 0.05) is 37.5 Å². The van der Waals surface area contributed by atoms with Crippen LogP contribution in [0.1, 0.15) is 35.8 Å². The number of rotatable bonds is 5. The zero-order valence-corrected chi connectivity index (χ0v) is 19.6. The fraction of sp³-hybridized carbons (Fsp3) is 0.308. The Morgan fingerprint density at radius 3 is 2.74 bits per heavy atom. The Balaban J connectivity index is 1.47. The van der Waals surface area contributed by atoms with Gasteiger partial charge in [0.15, 0.2) is 18.1 Å². The van der Waals surface area contributed by atoms with Crippen molar-refractivity contribution in [2.24, 2.45) is 12.8 Å². The lowest BCUT2D eigenvalue weighted by atomic mass is 9.95. The van der Waals surface area contributed by atoms with Crippen LogP contribution in [0, 0.1) is 18.3 Å². The van der Waals surface area contributed by atoms with Crippen molar-refractivity contribution in [1.29, 1.82) is 5.26 Å². The van der Waals surface area contributed by atoms with Crippen LogP contribution in [0.2, 0.25) is 0 Å². The van der Waals surface area contributed by atoms with Crippen LogP contribution in [0.5, 0.6) is 5.75 Å². The van der Waals surface area contributed by atoms with Crippen molar-refractivity contribution in [2.45, 2.75) is 25.7 Å². The van der Waals surface area contributed by atoms with Gasteiger partial charge in [-0.15, -0.1) is 0 Å². The number of pyridine rings is 1. The van der Waals surface area contributed by atoms with Crippen molar-refractivity contribution in [3.63, 3.8) is 0 Å². The first-order valence-corrected chi connectivity index (χ1v) is 11.5. The van der Waals surface area contributed by atoms with Crippen LogP contribution in [0.3, 0.4) is 0 Å². The van der Waals surface area contributed by atoms with Crippen LogP contribution >= 0.6 is 0 Å². The number of benzene rings is 2. The summed E-state index contributed by atoms with van der Waals surface area (Å²) in [6, 6.07) is 13.3. The number of nitrogens with zero attached hydrogens (tertiary/aromatic N) is 4. The van der Waals surface area contributed by atoms with Crippen LogP contribution in [-0.2, 0) is 11.8 Å². The maximum absolute atomic E-state index is 13.0. The summed E-state index contributed by atoms with van der Waals surface area (Å²) in [7, 11) is 1.62. The standard InChI is InChI=1S/C26H25N5O4/c1-15-3-6-22-20(11-15)29-25(35-22)16-7-9-31(10-8-16)24-18-5-4-17(34-14-23(28)32)12-21(18)30(2)26(33)19(24)13-27/h3-6,11-12,16H,7-10,14H2,1-2H3,(H2,28,32). The fourth-order valence-corrected chi connectivity index (χ4v) is 4.76. The van der Waals surface area contributed by atoms with Crippen molar-refractivity contribution in [3.8, 4) is 11.8 Å². The third kappa shape index (κ3) is 4.08. The number of primary amides is 1. The predicted molar refractivity (Wildman–Crippen MR) is 132 cm³/mol. The first-order chi connectivity index (χ1) is 16.9. The monoisotopic (exact) mass is 471 g/mol. The van der Waals surface area contributed by atoms with Gasteiger partial charge in [-0.1, -0.05) is 6.07 Å². The van der Waals surface area contributed by atoms with E-state index in [4.69, 9.17) is 19.9 Å². The van der Waals surface area contributed by atoms with Gasteiger partial charge in [-0.3, -0.25) is 9.59 Å². The highest BCUT2D eigenvalue weighted by Gasteiger charge is 2.28. The van der Waals surface area contributed by atoms with Gasteiger partial charge >= 0.3 is 0 Å². The number of piperidine rings is 1. The van der Waals surface area contributed by atoms with E-state index in [-0.39, 0.29) is 23.6 Å². The molecule has 0 atom stereocenters. The average Bonchev–Trinajstić information content (AvgIpc) is 3.28. The maximum Gasteiger partial charge on any atom is 0.270 e. The Bertz CT molecular complexity index is 1550. The lowest BCUT2D eigenvalue weighted by Gasteiger charge is -2.33. The number of hydrogen-bond donors (Lipinski definition) is 1. The molecule has 0 unspecified atom stereocenters. The summed E-state index contributed by atoms with van der Waals surface area (Å²) < 4.78 is 12.9.